The van der Waals surface area contributed by atoms with E-state index in [2.05, 4.69) is 24.6 Å². The Kier molecular flexibility index (Phi) is 3.67. The second-order valence-electron chi connectivity index (χ2n) is 3.88. The Bertz CT molecular complexity index is 390. The number of allylic oxidation sites excluding steroid dienone is 2. The van der Waals surface area contributed by atoms with Crippen molar-refractivity contribution in [3.63, 3.8) is 0 Å². The molecule has 1 aromatic rings. The van der Waals surface area contributed by atoms with Crippen molar-refractivity contribution in [3.8, 4) is 0 Å². The first kappa shape index (κ1) is 11.5. The molecule has 0 atom stereocenters. The van der Waals surface area contributed by atoms with Crippen LogP contribution in [0.1, 0.15) is 16.8 Å². The normalized spacial score (nSPS) is 11.3. The van der Waals surface area contributed by atoms with Gasteiger partial charge >= 0.3 is 0 Å². The highest BCUT2D eigenvalue weighted by Gasteiger charge is 2.01. The van der Waals surface area contributed by atoms with E-state index in [1.807, 2.05) is 44.4 Å². The summed E-state index contributed by atoms with van der Waals surface area (Å²) in [6.07, 6.45) is 5.78. The molecule has 0 fully saturated rings. The number of pyridine rings is 1. The zero-order valence-electron chi connectivity index (χ0n) is 9.91. The van der Waals surface area contributed by atoms with Crippen LogP contribution in [0.25, 0.3) is 5.57 Å². The number of rotatable bonds is 3. The highest BCUT2D eigenvalue weighted by atomic mass is 15.0. The van der Waals surface area contributed by atoms with Crippen LogP contribution in [0, 0.1) is 13.8 Å². The summed E-state index contributed by atoms with van der Waals surface area (Å²) in [5.74, 6) is 0. The molecule has 80 valence electrons. The van der Waals surface area contributed by atoms with Crippen LogP contribution in [0.15, 0.2) is 31.1 Å². The lowest BCUT2D eigenvalue weighted by Gasteiger charge is -2.10. The third-order valence-corrected chi connectivity index (χ3v) is 2.29. The van der Waals surface area contributed by atoms with Crippen molar-refractivity contribution < 1.29 is 0 Å². The topological polar surface area (TPSA) is 16.1 Å². The first-order chi connectivity index (χ1) is 7.04. The number of nitrogens with zero attached hydrogens (tertiary/aromatic N) is 2. The fourth-order valence-corrected chi connectivity index (χ4v) is 1.32. The maximum atomic E-state index is 4.35. The molecule has 0 aliphatic heterocycles. The quantitative estimate of drug-likeness (QED) is 0.701. The summed E-state index contributed by atoms with van der Waals surface area (Å²) in [7, 11) is 4.00. The highest BCUT2D eigenvalue weighted by Crippen LogP contribution is 2.17. The molecule has 15 heavy (non-hydrogen) atoms. The molecule has 0 aromatic carbocycles. The molecule has 0 N–H and O–H groups in total. The summed E-state index contributed by atoms with van der Waals surface area (Å²) in [4.78, 5) is 6.35. The predicted molar refractivity (Wildman–Crippen MR) is 65.6 cm³/mol. The minimum absolute atomic E-state index is 1.08. The molecule has 0 aliphatic rings. The van der Waals surface area contributed by atoms with E-state index in [1.165, 1.54) is 5.56 Å². The SMILES string of the molecule is C=C/C(=C\N(C)C)c1cnc(C)c(C)c1. The molecular weight excluding hydrogens is 184 g/mol. The van der Waals surface area contributed by atoms with Crippen molar-refractivity contribution >= 4 is 5.57 Å². The van der Waals surface area contributed by atoms with E-state index in [4.69, 9.17) is 0 Å². The molecule has 2 nitrogen and oxygen atoms in total. The number of hydrogen-bond acceptors (Lipinski definition) is 2. The van der Waals surface area contributed by atoms with Gasteiger partial charge in [0, 0.05) is 37.7 Å². The first-order valence-electron chi connectivity index (χ1n) is 4.99. The molecule has 1 rings (SSSR count). The molecule has 2 heteroatoms. The van der Waals surface area contributed by atoms with E-state index in [-0.39, 0.29) is 0 Å². The molecule has 0 saturated heterocycles. The van der Waals surface area contributed by atoms with Gasteiger partial charge in [-0.2, -0.15) is 0 Å². The molecular formula is C13H18N2. The van der Waals surface area contributed by atoms with Crippen molar-refractivity contribution in [2.45, 2.75) is 13.8 Å². The van der Waals surface area contributed by atoms with Crippen LogP contribution < -0.4 is 0 Å². The third-order valence-electron chi connectivity index (χ3n) is 2.29. The summed E-state index contributed by atoms with van der Waals surface area (Å²) < 4.78 is 0. The Balaban J connectivity index is 3.14. The van der Waals surface area contributed by atoms with Crippen molar-refractivity contribution in [2.24, 2.45) is 0 Å². The molecule has 0 bridgehead atoms. The Morgan fingerprint density at radius 1 is 1.40 bits per heavy atom. The summed E-state index contributed by atoms with van der Waals surface area (Å²) in [6.45, 7) is 7.91. The molecule has 1 heterocycles. The average Bonchev–Trinajstić information content (AvgIpc) is 2.18. The smallest absolute Gasteiger partial charge is 0.0402 e. The van der Waals surface area contributed by atoms with Gasteiger partial charge in [0.2, 0.25) is 0 Å². The lowest BCUT2D eigenvalue weighted by molar-refractivity contribution is 0.566. The summed E-state index contributed by atoms with van der Waals surface area (Å²) in [6, 6.07) is 2.14. The van der Waals surface area contributed by atoms with Crippen LogP contribution >= 0.6 is 0 Å². The van der Waals surface area contributed by atoms with E-state index in [1.54, 1.807) is 0 Å². The third kappa shape index (κ3) is 2.94. The average molecular weight is 202 g/mol. The van der Waals surface area contributed by atoms with Gasteiger partial charge in [0.15, 0.2) is 0 Å². The second-order valence-corrected chi connectivity index (χ2v) is 3.88. The summed E-state index contributed by atoms with van der Waals surface area (Å²) in [5, 5.41) is 0. The largest absolute Gasteiger partial charge is 0.383 e. The fourth-order valence-electron chi connectivity index (χ4n) is 1.32. The van der Waals surface area contributed by atoms with Gasteiger partial charge < -0.3 is 4.90 Å². The summed E-state index contributed by atoms with van der Waals surface area (Å²) >= 11 is 0. The van der Waals surface area contributed by atoms with Gasteiger partial charge in [-0.15, -0.1) is 0 Å². The Morgan fingerprint density at radius 3 is 2.53 bits per heavy atom. The maximum absolute atomic E-state index is 4.35. The minimum atomic E-state index is 1.08. The van der Waals surface area contributed by atoms with E-state index < -0.39 is 0 Å². The number of aromatic nitrogens is 1. The van der Waals surface area contributed by atoms with Crippen LogP contribution in [0.3, 0.4) is 0 Å². The molecule has 0 saturated carbocycles. The van der Waals surface area contributed by atoms with E-state index >= 15 is 0 Å². The van der Waals surface area contributed by atoms with Crippen LogP contribution in [-0.4, -0.2) is 24.0 Å². The zero-order valence-corrected chi connectivity index (χ0v) is 9.91. The van der Waals surface area contributed by atoms with E-state index in [0.29, 0.717) is 0 Å². The Hall–Kier alpha value is -1.57. The standard InChI is InChI=1S/C13H18N2/c1-6-12(9-15(4)5)13-7-10(2)11(3)14-8-13/h6-9H,1H2,2-5H3/b12-9+. The van der Waals surface area contributed by atoms with Gasteiger partial charge in [-0.3, -0.25) is 4.98 Å². The van der Waals surface area contributed by atoms with Gasteiger partial charge in [0.1, 0.15) is 0 Å². The Morgan fingerprint density at radius 2 is 2.07 bits per heavy atom. The highest BCUT2D eigenvalue weighted by molar-refractivity contribution is 5.73. The van der Waals surface area contributed by atoms with Crippen molar-refractivity contribution in [1.29, 1.82) is 0 Å². The molecule has 0 unspecified atom stereocenters. The molecule has 0 spiro atoms. The van der Waals surface area contributed by atoms with E-state index in [9.17, 15) is 0 Å². The lowest BCUT2D eigenvalue weighted by atomic mass is 10.1. The molecule has 0 aliphatic carbocycles. The van der Waals surface area contributed by atoms with Gasteiger partial charge in [-0.05, 0) is 31.1 Å². The van der Waals surface area contributed by atoms with Crippen LogP contribution in [0.4, 0.5) is 0 Å². The number of hydrogen-bond donors (Lipinski definition) is 0. The van der Waals surface area contributed by atoms with Crippen LogP contribution in [0.5, 0.6) is 0 Å². The van der Waals surface area contributed by atoms with Crippen LogP contribution in [0.2, 0.25) is 0 Å². The van der Waals surface area contributed by atoms with Crippen molar-refractivity contribution in [3.05, 3.63) is 47.9 Å². The van der Waals surface area contributed by atoms with Gasteiger partial charge in [-0.25, -0.2) is 0 Å². The minimum Gasteiger partial charge on any atom is -0.383 e. The van der Waals surface area contributed by atoms with Gasteiger partial charge in [-0.1, -0.05) is 12.7 Å². The Labute approximate surface area is 92.0 Å². The lowest BCUT2D eigenvalue weighted by Crippen LogP contribution is -2.02. The van der Waals surface area contributed by atoms with E-state index in [0.717, 1.165) is 16.8 Å². The van der Waals surface area contributed by atoms with Crippen molar-refractivity contribution in [1.82, 2.24) is 9.88 Å². The van der Waals surface area contributed by atoms with Crippen LogP contribution in [-0.2, 0) is 0 Å². The molecule has 1 aromatic heterocycles. The fraction of sp³-hybridized carbons (Fsp3) is 0.308. The molecule has 0 amide bonds. The maximum Gasteiger partial charge on any atom is 0.0402 e. The number of aryl methyl sites for hydroxylation is 2. The monoisotopic (exact) mass is 202 g/mol. The summed E-state index contributed by atoms with van der Waals surface area (Å²) in [5.41, 5.74) is 4.49. The van der Waals surface area contributed by atoms with Gasteiger partial charge in [0.05, 0.1) is 0 Å². The second kappa shape index (κ2) is 4.78. The zero-order chi connectivity index (χ0) is 11.4. The van der Waals surface area contributed by atoms with Crippen molar-refractivity contribution in [2.75, 3.05) is 14.1 Å². The molecule has 0 radical (unpaired) electrons. The predicted octanol–water partition coefficient (Wildman–Crippen LogP) is 2.79. The first-order valence-corrected chi connectivity index (χ1v) is 4.99. The van der Waals surface area contributed by atoms with Gasteiger partial charge in [0.25, 0.3) is 0 Å².